The van der Waals surface area contributed by atoms with Crippen LogP contribution in [0.4, 0.5) is 0 Å². The van der Waals surface area contributed by atoms with Crippen molar-refractivity contribution in [1.82, 2.24) is 10.5 Å². The van der Waals surface area contributed by atoms with E-state index in [0.717, 1.165) is 11.3 Å². The van der Waals surface area contributed by atoms with Crippen molar-refractivity contribution in [3.05, 3.63) is 42.1 Å². The number of rotatable bonds is 1. The summed E-state index contributed by atoms with van der Waals surface area (Å²) < 4.78 is 0. The molecule has 0 saturated heterocycles. The van der Waals surface area contributed by atoms with E-state index in [1.54, 1.807) is 6.20 Å². The normalized spacial score (nSPS) is 15.6. The van der Waals surface area contributed by atoms with Crippen molar-refractivity contribution in [1.29, 1.82) is 0 Å². The van der Waals surface area contributed by atoms with Crippen molar-refractivity contribution in [3.63, 3.8) is 0 Å². The molecule has 2 rings (SSSR count). The number of nitrogens with zero attached hydrogens (tertiary/aromatic N) is 2. The van der Waals surface area contributed by atoms with Crippen LogP contribution in [-0.2, 0) is 0 Å². The first-order valence-electron chi connectivity index (χ1n) is 4.18. The van der Waals surface area contributed by atoms with Crippen molar-refractivity contribution in [2.24, 2.45) is 16.6 Å². The lowest BCUT2D eigenvalue weighted by atomic mass is 10.2. The smallest absolute Gasteiger partial charge is 0.214 e. The highest BCUT2D eigenvalue weighted by molar-refractivity contribution is 5.86. The fraction of sp³-hybridized carbons (Fsp3) is 0. The third-order valence-corrected chi connectivity index (χ3v) is 1.82. The molecule has 1 aliphatic heterocycles. The second-order valence-corrected chi connectivity index (χ2v) is 2.90. The second-order valence-electron chi connectivity index (χ2n) is 2.90. The number of nitrogens with one attached hydrogen (secondary N) is 1. The predicted molar refractivity (Wildman–Crippen MR) is 55.2 cm³/mol. The molecular weight excluding hydrogens is 178 g/mol. The molecule has 0 amide bonds. The van der Waals surface area contributed by atoms with E-state index in [0.29, 0.717) is 0 Å². The summed E-state index contributed by atoms with van der Waals surface area (Å²) in [6.07, 6.45) is 1.67. The van der Waals surface area contributed by atoms with Gasteiger partial charge in [-0.15, -0.1) is 0 Å². The highest BCUT2D eigenvalue weighted by Gasteiger charge is 2.08. The Morgan fingerprint density at radius 1 is 1.21 bits per heavy atom. The Hall–Kier alpha value is -2.01. The van der Waals surface area contributed by atoms with E-state index in [1.807, 2.05) is 30.3 Å². The Bertz CT molecular complexity index is 381. The number of hydrogen-bond donors (Lipinski definition) is 3. The molecule has 14 heavy (non-hydrogen) atoms. The second kappa shape index (κ2) is 3.39. The molecule has 0 fully saturated rings. The monoisotopic (exact) mass is 189 g/mol. The summed E-state index contributed by atoms with van der Waals surface area (Å²) in [5.74, 6) is 5.82. The molecule has 5 nitrogen and oxygen atoms in total. The van der Waals surface area contributed by atoms with Gasteiger partial charge in [0.2, 0.25) is 5.96 Å². The van der Waals surface area contributed by atoms with E-state index in [4.69, 9.17) is 11.6 Å². The maximum atomic E-state index is 5.54. The summed E-state index contributed by atoms with van der Waals surface area (Å²) in [6, 6.07) is 9.71. The lowest BCUT2D eigenvalue weighted by molar-refractivity contribution is 0.343. The zero-order valence-electron chi connectivity index (χ0n) is 7.51. The van der Waals surface area contributed by atoms with Crippen LogP contribution in [0.3, 0.4) is 0 Å². The molecule has 1 aliphatic rings. The van der Waals surface area contributed by atoms with Crippen LogP contribution in [0.5, 0.6) is 0 Å². The van der Waals surface area contributed by atoms with Gasteiger partial charge >= 0.3 is 0 Å². The molecule has 1 aromatic rings. The van der Waals surface area contributed by atoms with Crippen LogP contribution in [0.1, 0.15) is 5.56 Å². The molecule has 0 bridgehead atoms. The lowest BCUT2D eigenvalue weighted by Gasteiger charge is -2.21. The quantitative estimate of drug-likeness (QED) is 0.543. The zero-order chi connectivity index (χ0) is 9.97. The van der Waals surface area contributed by atoms with Crippen LogP contribution in [0.25, 0.3) is 5.70 Å². The molecule has 0 aromatic heterocycles. The van der Waals surface area contributed by atoms with Gasteiger partial charge in [0.25, 0.3) is 0 Å². The molecular formula is C9H11N5. The molecule has 1 heterocycles. The van der Waals surface area contributed by atoms with Gasteiger partial charge in [0.15, 0.2) is 0 Å². The summed E-state index contributed by atoms with van der Waals surface area (Å²) in [4.78, 5) is 4.13. The summed E-state index contributed by atoms with van der Waals surface area (Å²) in [6.45, 7) is 0. The fourth-order valence-corrected chi connectivity index (χ4v) is 1.23. The third-order valence-electron chi connectivity index (χ3n) is 1.82. The highest BCUT2D eigenvalue weighted by atomic mass is 15.7. The summed E-state index contributed by atoms with van der Waals surface area (Å²) in [7, 11) is 0. The first-order valence-corrected chi connectivity index (χ1v) is 4.18. The topological polar surface area (TPSA) is 79.7 Å². The Kier molecular flexibility index (Phi) is 2.08. The van der Waals surface area contributed by atoms with E-state index in [2.05, 4.69) is 10.4 Å². The molecule has 0 spiro atoms. The van der Waals surface area contributed by atoms with Gasteiger partial charge in [-0.2, -0.15) is 0 Å². The summed E-state index contributed by atoms with van der Waals surface area (Å²) in [5, 5.41) is 1.28. The SMILES string of the molecule is NC1=NC(c2ccccc2)=CN(N)N1. The minimum Gasteiger partial charge on any atom is -0.368 e. The standard InChI is InChI=1S/C9H11N5/c10-9-12-8(6-14(11)13-9)7-4-2-1-3-5-7/h1-6H,11H2,(H3,10,12,13). The van der Waals surface area contributed by atoms with Crippen LogP contribution < -0.4 is 17.0 Å². The Labute approximate surface area is 81.7 Å². The van der Waals surface area contributed by atoms with Gasteiger partial charge in [0, 0.05) is 5.56 Å². The molecule has 0 unspecified atom stereocenters. The third kappa shape index (κ3) is 1.67. The number of guanidine groups is 1. The van der Waals surface area contributed by atoms with Crippen molar-refractivity contribution in [3.8, 4) is 0 Å². The van der Waals surface area contributed by atoms with Crippen molar-refractivity contribution in [2.75, 3.05) is 0 Å². The first-order chi connectivity index (χ1) is 6.75. The predicted octanol–water partition coefficient (Wildman–Crippen LogP) is -0.00640. The van der Waals surface area contributed by atoms with Gasteiger partial charge in [0.1, 0.15) is 0 Å². The van der Waals surface area contributed by atoms with Crippen molar-refractivity contribution >= 4 is 11.7 Å². The van der Waals surface area contributed by atoms with Crippen LogP contribution >= 0.6 is 0 Å². The largest absolute Gasteiger partial charge is 0.368 e. The average molecular weight is 189 g/mol. The first kappa shape index (κ1) is 8.58. The molecule has 0 radical (unpaired) electrons. The lowest BCUT2D eigenvalue weighted by Crippen LogP contribution is -2.48. The van der Waals surface area contributed by atoms with Gasteiger partial charge in [-0.25, -0.2) is 16.0 Å². The molecule has 72 valence electrons. The van der Waals surface area contributed by atoms with Gasteiger partial charge < -0.3 is 5.73 Å². The summed E-state index contributed by atoms with van der Waals surface area (Å²) in [5.41, 5.74) is 9.89. The van der Waals surface area contributed by atoms with E-state index < -0.39 is 0 Å². The Balaban J connectivity index is 2.36. The van der Waals surface area contributed by atoms with Crippen molar-refractivity contribution < 1.29 is 0 Å². The Morgan fingerprint density at radius 2 is 1.93 bits per heavy atom. The zero-order valence-corrected chi connectivity index (χ0v) is 7.51. The average Bonchev–Trinajstić information content (AvgIpc) is 2.18. The molecule has 5 N–H and O–H groups in total. The number of hydrazine groups is 2. The van der Waals surface area contributed by atoms with Gasteiger partial charge in [-0.3, -0.25) is 5.43 Å². The molecule has 5 heteroatoms. The molecule has 0 atom stereocenters. The van der Waals surface area contributed by atoms with E-state index in [1.165, 1.54) is 5.12 Å². The van der Waals surface area contributed by atoms with Gasteiger partial charge in [-0.1, -0.05) is 30.3 Å². The van der Waals surface area contributed by atoms with Gasteiger partial charge in [0.05, 0.1) is 11.9 Å². The molecule has 0 saturated carbocycles. The van der Waals surface area contributed by atoms with Crippen molar-refractivity contribution in [2.45, 2.75) is 0 Å². The van der Waals surface area contributed by atoms with Crippen LogP contribution in [-0.4, -0.2) is 11.1 Å². The number of benzene rings is 1. The number of nitrogens with two attached hydrogens (primary N) is 2. The fourth-order valence-electron chi connectivity index (χ4n) is 1.23. The number of aliphatic imine (C=N–C) groups is 1. The van der Waals surface area contributed by atoms with E-state index in [-0.39, 0.29) is 5.96 Å². The number of hydrogen-bond acceptors (Lipinski definition) is 5. The molecule has 0 aliphatic carbocycles. The Morgan fingerprint density at radius 3 is 2.57 bits per heavy atom. The van der Waals surface area contributed by atoms with Crippen LogP contribution in [0.15, 0.2) is 41.5 Å². The van der Waals surface area contributed by atoms with Gasteiger partial charge in [-0.05, 0) is 0 Å². The maximum absolute atomic E-state index is 5.54. The maximum Gasteiger partial charge on any atom is 0.214 e. The van der Waals surface area contributed by atoms with Crippen LogP contribution in [0, 0.1) is 0 Å². The molecule has 1 aromatic carbocycles. The van der Waals surface area contributed by atoms with Crippen LogP contribution in [0.2, 0.25) is 0 Å². The summed E-state index contributed by atoms with van der Waals surface area (Å²) >= 11 is 0. The highest BCUT2D eigenvalue weighted by Crippen LogP contribution is 2.16. The minimum atomic E-state index is 0.286. The van der Waals surface area contributed by atoms with E-state index >= 15 is 0 Å². The van der Waals surface area contributed by atoms with E-state index in [9.17, 15) is 0 Å². The minimum absolute atomic E-state index is 0.286.